The highest BCUT2D eigenvalue weighted by Gasteiger charge is 2.17. The van der Waals surface area contributed by atoms with E-state index in [4.69, 9.17) is 18.9 Å². The van der Waals surface area contributed by atoms with Gasteiger partial charge < -0.3 is 24.3 Å². The van der Waals surface area contributed by atoms with Gasteiger partial charge in [0, 0.05) is 12.6 Å². The van der Waals surface area contributed by atoms with Crippen molar-refractivity contribution in [3.8, 4) is 23.0 Å². The molecule has 1 heterocycles. The molecule has 6 nitrogen and oxygen atoms in total. The number of nitrogens with one attached hydrogen (secondary N) is 1. The largest absolute Gasteiger partial charge is 0.493 e. The molecule has 29 heavy (non-hydrogen) atoms. The van der Waals surface area contributed by atoms with Crippen LogP contribution < -0.4 is 24.3 Å². The average Bonchev–Trinajstić information content (AvgIpc) is 2.72. The van der Waals surface area contributed by atoms with Crippen molar-refractivity contribution >= 4 is 12.0 Å². The number of methoxy groups -OCH3 is 1. The van der Waals surface area contributed by atoms with Crippen LogP contribution in [0.1, 0.15) is 25.0 Å². The fourth-order valence-corrected chi connectivity index (χ4v) is 2.96. The van der Waals surface area contributed by atoms with E-state index in [-0.39, 0.29) is 12.0 Å². The molecule has 0 spiro atoms. The van der Waals surface area contributed by atoms with Crippen molar-refractivity contribution in [2.75, 3.05) is 26.9 Å². The first-order valence-electron chi connectivity index (χ1n) is 9.74. The molecule has 2 aromatic rings. The normalized spacial score (nSPS) is 12.8. The molecule has 1 amide bonds. The number of ether oxygens (including phenoxy) is 4. The summed E-state index contributed by atoms with van der Waals surface area (Å²) < 4.78 is 22.2. The fourth-order valence-electron chi connectivity index (χ4n) is 2.96. The molecule has 0 atom stereocenters. The van der Waals surface area contributed by atoms with E-state index in [1.54, 1.807) is 13.2 Å². The predicted molar refractivity (Wildman–Crippen MR) is 112 cm³/mol. The SMILES string of the molecule is COc1cc(/C=C/C(=O)NCCc2ccc(OC(C)C)cc2)cc2c1OCCO2. The van der Waals surface area contributed by atoms with Crippen LogP contribution in [0.5, 0.6) is 23.0 Å². The lowest BCUT2D eigenvalue weighted by Crippen LogP contribution is -2.23. The van der Waals surface area contributed by atoms with Gasteiger partial charge in [0.25, 0.3) is 0 Å². The standard InChI is InChI=1S/C23H27NO5/c1-16(2)29-19-7-4-17(5-8-19)10-11-24-22(25)9-6-18-14-20(26-3)23-21(15-18)27-12-13-28-23/h4-9,14-16H,10-13H2,1-3H3,(H,24,25)/b9-6+. The number of benzene rings is 2. The van der Waals surface area contributed by atoms with E-state index < -0.39 is 0 Å². The van der Waals surface area contributed by atoms with Gasteiger partial charge in [0.15, 0.2) is 11.5 Å². The quantitative estimate of drug-likeness (QED) is 0.689. The van der Waals surface area contributed by atoms with Crippen molar-refractivity contribution in [2.24, 2.45) is 0 Å². The highest BCUT2D eigenvalue weighted by atomic mass is 16.6. The predicted octanol–water partition coefficient (Wildman–Crippen LogP) is 3.63. The second-order valence-electron chi connectivity index (χ2n) is 6.93. The molecular formula is C23H27NO5. The number of fused-ring (bicyclic) bond motifs is 1. The second-order valence-corrected chi connectivity index (χ2v) is 6.93. The monoisotopic (exact) mass is 397 g/mol. The summed E-state index contributed by atoms with van der Waals surface area (Å²) in [5.74, 6) is 2.52. The molecule has 1 aliphatic heterocycles. The van der Waals surface area contributed by atoms with Crippen LogP contribution >= 0.6 is 0 Å². The second kappa shape index (κ2) is 9.87. The average molecular weight is 397 g/mol. The molecular weight excluding hydrogens is 370 g/mol. The van der Waals surface area contributed by atoms with Gasteiger partial charge >= 0.3 is 0 Å². The molecule has 0 saturated heterocycles. The molecule has 0 unspecified atom stereocenters. The highest BCUT2D eigenvalue weighted by molar-refractivity contribution is 5.91. The van der Waals surface area contributed by atoms with Gasteiger partial charge in [-0.2, -0.15) is 0 Å². The minimum Gasteiger partial charge on any atom is -0.493 e. The first kappa shape index (κ1) is 20.6. The third-order valence-corrected chi connectivity index (χ3v) is 4.29. The van der Waals surface area contributed by atoms with Crippen LogP contribution in [-0.2, 0) is 11.2 Å². The lowest BCUT2D eigenvalue weighted by molar-refractivity contribution is -0.116. The first-order valence-corrected chi connectivity index (χ1v) is 9.74. The van der Waals surface area contributed by atoms with Gasteiger partial charge in [0.2, 0.25) is 11.7 Å². The van der Waals surface area contributed by atoms with E-state index in [1.807, 2.05) is 50.2 Å². The Bertz CT molecular complexity index is 841. The summed E-state index contributed by atoms with van der Waals surface area (Å²) in [6.07, 6.45) is 4.14. The summed E-state index contributed by atoms with van der Waals surface area (Å²) in [4.78, 5) is 12.1. The van der Waals surface area contributed by atoms with E-state index in [0.29, 0.717) is 37.0 Å². The minimum atomic E-state index is -0.154. The summed E-state index contributed by atoms with van der Waals surface area (Å²) >= 11 is 0. The molecule has 154 valence electrons. The van der Waals surface area contributed by atoms with Gasteiger partial charge in [-0.15, -0.1) is 0 Å². The Morgan fingerprint density at radius 3 is 2.66 bits per heavy atom. The van der Waals surface area contributed by atoms with Crippen molar-refractivity contribution in [3.05, 3.63) is 53.6 Å². The number of hydrogen-bond donors (Lipinski definition) is 1. The molecule has 0 aliphatic carbocycles. The molecule has 0 aromatic heterocycles. The van der Waals surface area contributed by atoms with Crippen LogP contribution in [0.3, 0.4) is 0 Å². The summed E-state index contributed by atoms with van der Waals surface area (Å²) in [7, 11) is 1.58. The molecule has 1 N–H and O–H groups in total. The van der Waals surface area contributed by atoms with Gasteiger partial charge in [0.1, 0.15) is 19.0 Å². The van der Waals surface area contributed by atoms with Crippen LogP contribution in [0.25, 0.3) is 6.08 Å². The van der Waals surface area contributed by atoms with Gasteiger partial charge in [-0.1, -0.05) is 12.1 Å². The molecule has 0 saturated carbocycles. The Balaban J connectivity index is 1.51. The van der Waals surface area contributed by atoms with Crippen molar-refractivity contribution in [1.82, 2.24) is 5.32 Å². The summed E-state index contributed by atoms with van der Waals surface area (Å²) in [5.41, 5.74) is 1.95. The van der Waals surface area contributed by atoms with E-state index in [0.717, 1.165) is 23.3 Å². The van der Waals surface area contributed by atoms with Crippen LogP contribution in [0.4, 0.5) is 0 Å². The van der Waals surface area contributed by atoms with Crippen molar-refractivity contribution < 1.29 is 23.7 Å². The van der Waals surface area contributed by atoms with E-state index >= 15 is 0 Å². The molecule has 0 bridgehead atoms. The van der Waals surface area contributed by atoms with Crippen molar-refractivity contribution in [1.29, 1.82) is 0 Å². The van der Waals surface area contributed by atoms with Gasteiger partial charge in [-0.05, 0) is 61.7 Å². The van der Waals surface area contributed by atoms with E-state index in [1.165, 1.54) is 6.08 Å². The Labute approximate surface area is 171 Å². The lowest BCUT2D eigenvalue weighted by Gasteiger charge is -2.20. The molecule has 3 rings (SSSR count). The third-order valence-electron chi connectivity index (χ3n) is 4.29. The Kier molecular flexibility index (Phi) is 7.00. The van der Waals surface area contributed by atoms with Crippen molar-refractivity contribution in [3.63, 3.8) is 0 Å². The summed E-state index contributed by atoms with van der Waals surface area (Å²) in [5, 5.41) is 2.89. The Morgan fingerprint density at radius 1 is 1.17 bits per heavy atom. The number of carbonyl (C=O) groups excluding carboxylic acids is 1. The van der Waals surface area contributed by atoms with Crippen LogP contribution in [0, 0.1) is 0 Å². The first-order chi connectivity index (χ1) is 14.0. The van der Waals surface area contributed by atoms with Crippen LogP contribution in [0.15, 0.2) is 42.5 Å². The zero-order chi connectivity index (χ0) is 20.6. The molecule has 2 aromatic carbocycles. The highest BCUT2D eigenvalue weighted by Crippen LogP contribution is 2.40. The van der Waals surface area contributed by atoms with E-state index in [9.17, 15) is 4.79 Å². The molecule has 0 fully saturated rings. The number of amides is 1. The molecule has 0 radical (unpaired) electrons. The maximum absolute atomic E-state index is 12.1. The number of carbonyl (C=O) groups is 1. The summed E-state index contributed by atoms with van der Waals surface area (Å²) in [6.45, 7) is 5.54. The van der Waals surface area contributed by atoms with Gasteiger partial charge in [-0.25, -0.2) is 0 Å². The fraction of sp³-hybridized carbons (Fsp3) is 0.348. The number of rotatable bonds is 8. The summed E-state index contributed by atoms with van der Waals surface area (Å²) in [6, 6.07) is 11.6. The van der Waals surface area contributed by atoms with Crippen molar-refractivity contribution in [2.45, 2.75) is 26.4 Å². The van der Waals surface area contributed by atoms with Gasteiger partial charge in [0.05, 0.1) is 13.2 Å². The number of hydrogen-bond acceptors (Lipinski definition) is 5. The van der Waals surface area contributed by atoms with Crippen LogP contribution in [-0.4, -0.2) is 38.9 Å². The Morgan fingerprint density at radius 2 is 1.93 bits per heavy atom. The maximum Gasteiger partial charge on any atom is 0.244 e. The lowest BCUT2D eigenvalue weighted by atomic mass is 10.1. The zero-order valence-electron chi connectivity index (χ0n) is 17.1. The topological polar surface area (TPSA) is 66.0 Å². The van der Waals surface area contributed by atoms with Gasteiger partial charge in [-0.3, -0.25) is 4.79 Å². The molecule has 6 heteroatoms. The van der Waals surface area contributed by atoms with E-state index in [2.05, 4.69) is 5.32 Å². The Hall–Kier alpha value is -3.15. The van der Waals surface area contributed by atoms with Crippen LogP contribution in [0.2, 0.25) is 0 Å². The smallest absolute Gasteiger partial charge is 0.244 e. The minimum absolute atomic E-state index is 0.154. The molecule has 1 aliphatic rings. The zero-order valence-corrected chi connectivity index (χ0v) is 17.1. The third kappa shape index (κ3) is 5.91. The maximum atomic E-state index is 12.1.